The number of nitrogens with two attached hydrogens (primary N) is 1. The number of nitro benzene ring substituents is 1. The highest BCUT2D eigenvalue weighted by Gasteiger charge is 2.29. The molecule has 1 aromatic rings. The van der Waals surface area contributed by atoms with Gasteiger partial charge in [-0.1, -0.05) is 6.42 Å². The Balaban J connectivity index is 2.32. The van der Waals surface area contributed by atoms with E-state index in [1.807, 2.05) is 0 Å². The zero-order chi connectivity index (χ0) is 15.6. The normalized spacial score (nSPS) is 17.0. The Kier molecular flexibility index (Phi) is 4.45. The Morgan fingerprint density at radius 2 is 2.10 bits per heavy atom. The number of nitro groups is 1. The lowest BCUT2D eigenvalue weighted by atomic mass is 9.81. The van der Waals surface area contributed by atoms with Gasteiger partial charge in [-0.05, 0) is 31.7 Å². The fraction of sp³-hybridized carbons (Fsp3) is 0.500. The van der Waals surface area contributed by atoms with Gasteiger partial charge in [-0.25, -0.2) is 13.1 Å². The van der Waals surface area contributed by atoms with E-state index in [9.17, 15) is 18.5 Å². The van der Waals surface area contributed by atoms with Crippen LogP contribution >= 0.6 is 0 Å². The zero-order valence-electron chi connectivity index (χ0n) is 11.6. The average Bonchev–Trinajstić information content (AvgIpc) is 2.34. The molecule has 21 heavy (non-hydrogen) atoms. The molecule has 0 saturated heterocycles. The number of anilines is 1. The van der Waals surface area contributed by atoms with Crippen LogP contribution in [0.2, 0.25) is 0 Å². The van der Waals surface area contributed by atoms with Crippen molar-refractivity contribution in [3.63, 3.8) is 0 Å². The topological polar surface area (TPSA) is 127 Å². The van der Waals surface area contributed by atoms with Crippen LogP contribution in [0.4, 0.5) is 11.4 Å². The maximum absolute atomic E-state index is 12.4. The first-order valence-electron chi connectivity index (χ1n) is 6.62. The molecule has 1 aliphatic rings. The summed E-state index contributed by atoms with van der Waals surface area (Å²) < 4.78 is 27.4. The summed E-state index contributed by atoms with van der Waals surface area (Å²) in [5, 5.41) is 10.8. The number of hydrazine groups is 1. The number of sulfonamides is 1. The molecule has 2 rings (SSSR count). The number of rotatable bonds is 6. The first-order valence-corrected chi connectivity index (χ1v) is 8.11. The third-order valence-electron chi connectivity index (χ3n) is 3.82. The molecule has 0 spiro atoms. The van der Waals surface area contributed by atoms with Crippen molar-refractivity contribution in [2.75, 3.05) is 5.43 Å². The minimum atomic E-state index is -3.88. The van der Waals surface area contributed by atoms with Crippen LogP contribution in [0.15, 0.2) is 23.1 Å². The predicted molar refractivity (Wildman–Crippen MR) is 78.0 cm³/mol. The van der Waals surface area contributed by atoms with E-state index < -0.39 is 14.9 Å². The average molecular weight is 314 g/mol. The standard InChI is InChI=1S/C12H18N4O4S/c1-8(9-3-2-4-9)15-21(19,20)12-7-10(16(17)18)5-6-11(12)14-13/h5-9,14-15H,2-4,13H2,1H3. The van der Waals surface area contributed by atoms with E-state index >= 15 is 0 Å². The highest BCUT2D eigenvalue weighted by atomic mass is 32.2. The van der Waals surface area contributed by atoms with Crippen LogP contribution in [0.5, 0.6) is 0 Å². The molecule has 1 unspecified atom stereocenters. The second-order valence-electron chi connectivity index (χ2n) is 5.18. The molecule has 4 N–H and O–H groups in total. The lowest BCUT2D eigenvalue weighted by Gasteiger charge is -2.31. The summed E-state index contributed by atoms with van der Waals surface area (Å²) >= 11 is 0. The van der Waals surface area contributed by atoms with E-state index in [-0.39, 0.29) is 22.3 Å². The fourth-order valence-electron chi connectivity index (χ4n) is 2.31. The van der Waals surface area contributed by atoms with Gasteiger partial charge >= 0.3 is 0 Å². The van der Waals surface area contributed by atoms with Crippen LogP contribution in [0, 0.1) is 16.0 Å². The largest absolute Gasteiger partial charge is 0.323 e. The van der Waals surface area contributed by atoms with E-state index in [2.05, 4.69) is 10.1 Å². The van der Waals surface area contributed by atoms with Gasteiger partial charge in [0.1, 0.15) is 4.90 Å². The maximum atomic E-state index is 12.4. The van der Waals surface area contributed by atoms with Crippen molar-refractivity contribution in [1.29, 1.82) is 0 Å². The number of benzene rings is 1. The Labute approximate surface area is 122 Å². The molecule has 0 radical (unpaired) electrons. The van der Waals surface area contributed by atoms with Gasteiger partial charge in [-0.3, -0.25) is 16.0 Å². The summed E-state index contributed by atoms with van der Waals surface area (Å²) in [6.07, 6.45) is 3.07. The van der Waals surface area contributed by atoms with E-state index in [0.717, 1.165) is 25.3 Å². The minimum absolute atomic E-state index is 0.119. The molecule has 116 valence electrons. The molecule has 1 aromatic carbocycles. The smallest absolute Gasteiger partial charge is 0.270 e. The molecule has 0 bridgehead atoms. The summed E-state index contributed by atoms with van der Waals surface area (Å²) in [4.78, 5) is 9.94. The molecule has 9 heteroatoms. The number of nitrogen functional groups attached to an aromatic ring is 1. The zero-order valence-corrected chi connectivity index (χ0v) is 12.4. The quantitative estimate of drug-likeness (QED) is 0.413. The van der Waals surface area contributed by atoms with Gasteiger partial charge in [-0.2, -0.15) is 0 Å². The van der Waals surface area contributed by atoms with Crippen molar-refractivity contribution in [2.45, 2.75) is 37.1 Å². The molecule has 0 aliphatic heterocycles. The highest BCUT2D eigenvalue weighted by Crippen LogP contribution is 2.31. The third-order valence-corrected chi connectivity index (χ3v) is 5.42. The lowest BCUT2D eigenvalue weighted by Crippen LogP contribution is -2.40. The molecule has 0 heterocycles. The van der Waals surface area contributed by atoms with E-state index in [1.165, 1.54) is 12.1 Å². The van der Waals surface area contributed by atoms with Crippen molar-refractivity contribution in [3.05, 3.63) is 28.3 Å². The van der Waals surface area contributed by atoms with Crippen LogP contribution in [-0.2, 0) is 10.0 Å². The summed E-state index contributed by atoms with van der Waals surface area (Å²) in [5.74, 6) is 5.60. The summed E-state index contributed by atoms with van der Waals surface area (Å²) in [6.45, 7) is 1.80. The van der Waals surface area contributed by atoms with Crippen molar-refractivity contribution in [1.82, 2.24) is 4.72 Å². The maximum Gasteiger partial charge on any atom is 0.270 e. The fourth-order valence-corrected chi connectivity index (χ4v) is 3.81. The Hall–Kier alpha value is -1.71. The molecule has 1 saturated carbocycles. The monoisotopic (exact) mass is 314 g/mol. The Bertz CT molecular complexity index is 643. The molecule has 8 nitrogen and oxygen atoms in total. The van der Waals surface area contributed by atoms with Crippen LogP contribution < -0.4 is 16.0 Å². The number of nitrogens with one attached hydrogen (secondary N) is 2. The molecular formula is C12H18N4O4S. The third kappa shape index (κ3) is 3.31. The highest BCUT2D eigenvalue weighted by molar-refractivity contribution is 7.89. The van der Waals surface area contributed by atoms with Crippen LogP contribution in [0.1, 0.15) is 26.2 Å². The van der Waals surface area contributed by atoms with E-state index in [1.54, 1.807) is 6.92 Å². The van der Waals surface area contributed by atoms with Crippen LogP contribution in [0.3, 0.4) is 0 Å². The minimum Gasteiger partial charge on any atom is -0.323 e. The molecule has 1 atom stereocenters. The van der Waals surface area contributed by atoms with Crippen molar-refractivity contribution >= 4 is 21.4 Å². The number of non-ortho nitro benzene ring substituents is 1. The summed E-state index contributed by atoms with van der Waals surface area (Å²) in [7, 11) is -3.88. The van der Waals surface area contributed by atoms with Crippen molar-refractivity contribution in [3.8, 4) is 0 Å². The van der Waals surface area contributed by atoms with Gasteiger partial charge in [0.15, 0.2) is 0 Å². The van der Waals surface area contributed by atoms with Gasteiger partial charge < -0.3 is 5.43 Å². The number of hydrogen-bond acceptors (Lipinski definition) is 6. The predicted octanol–water partition coefficient (Wildman–Crippen LogP) is 1.35. The lowest BCUT2D eigenvalue weighted by molar-refractivity contribution is -0.385. The molecule has 1 aliphatic carbocycles. The van der Waals surface area contributed by atoms with Gasteiger partial charge in [0.2, 0.25) is 10.0 Å². The molecule has 1 fully saturated rings. The van der Waals surface area contributed by atoms with Crippen molar-refractivity contribution in [2.24, 2.45) is 11.8 Å². The van der Waals surface area contributed by atoms with E-state index in [0.29, 0.717) is 5.92 Å². The molecule has 0 amide bonds. The molecular weight excluding hydrogens is 296 g/mol. The van der Waals surface area contributed by atoms with Gasteiger partial charge in [-0.15, -0.1) is 0 Å². The van der Waals surface area contributed by atoms with Gasteiger partial charge in [0.05, 0.1) is 10.6 Å². The number of nitrogens with zero attached hydrogens (tertiary/aromatic N) is 1. The summed E-state index contributed by atoms with van der Waals surface area (Å²) in [6, 6.07) is 3.27. The Morgan fingerprint density at radius 3 is 2.57 bits per heavy atom. The van der Waals surface area contributed by atoms with Gasteiger partial charge in [0.25, 0.3) is 5.69 Å². The first kappa shape index (κ1) is 15.7. The van der Waals surface area contributed by atoms with Crippen LogP contribution in [0.25, 0.3) is 0 Å². The number of hydrogen-bond donors (Lipinski definition) is 3. The van der Waals surface area contributed by atoms with Crippen molar-refractivity contribution < 1.29 is 13.3 Å². The molecule has 0 aromatic heterocycles. The summed E-state index contributed by atoms with van der Waals surface area (Å²) in [5.41, 5.74) is 2.08. The van der Waals surface area contributed by atoms with Crippen LogP contribution in [-0.4, -0.2) is 19.4 Å². The second kappa shape index (κ2) is 5.96. The Morgan fingerprint density at radius 1 is 1.43 bits per heavy atom. The SMILES string of the molecule is CC(NS(=O)(=O)c1cc([N+](=O)[O-])ccc1NN)C1CCC1. The van der Waals surface area contributed by atoms with E-state index in [4.69, 9.17) is 5.84 Å². The second-order valence-corrected chi connectivity index (χ2v) is 6.87. The first-order chi connectivity index (χ1) is 9.85. The van der Waals surface area contributed by atoms with Gasteiger partial charge in [0, 0.05) is 18.2 Å².